The standard InChI is InChI=1S/C21H20Cl2N4O2/c1-3-27(11(2)12-4-5-19(23)25-8-12)21(28)14-6-13-15-9-29-10-16(15)20(24)26-18(13)7-17(14)22/h4-8,11H,3,9-10H2,1-2H3,(H2,24,26)/t11-/m0/s1. The Kier molecular flexibility index (Phi) is 5.34. The quantitative estimate of drug-likeness (QED) is 0.602. The summed E-state index contributed by atoms with van der Waals surface area (Å²) in [5.74, 6) is 0.283. The van der Waals surface area contributed by atoms with Crippen LogP contribution in [-0.4, -0.2) is 27.3 Å². The highest BCUT2D eigenvalue weighted by molar-refractivity contribution is 6.34. The molecule has 0 fully saturated rings. The van der Waals surface area contributed by atoms with Gasteiger partial charge in [0.25, 0.3) is 5.91 Å². The first-order chi connectivity index (χ1) is 13.9. The molecule has 29 heavy (non-hydrogen) atoms. The second-order valence-corrected chi connectivity index (χ2v) is 7.77. The van der Waals surface area contributed by atoms with E-state index in [1.54, 1.807) is 29.3 Å². The lowest BCUT2D eigenvalue weighted by atomic mass is 10.0. The van der Waals surface area contributed by atoms with E-state index in [2.05, 4.69) is 9.97 Å². The average molecular weight is 431 g/mol. The van der Waals surface area contributed by atoms with Gasteiger partial charge < -0.3 is 15.4 Å². The van der Waals surface area contributed by atoms with Crippen LogP contribution in [0.15, 0.2) is 30.5 Å². The summed E-state index contributed by atoms with van der Waals surface area (Å²) in [6.07, 6.45) is 1.68. The molecule has 1 amide bonds. The molecule has 4 rings (SSSR count). The number of carbonyl (C=O) groups is 1. The zero-order valence-electron chi connectivity index (χ0n) is 16.1. The molecule has 0 saturated carbocycles. The third kappa shape index (κ3) is 3.52. The van der Waals surface area contributed by atoms with Gasteiger partial charge in [0.2, 0.25) is 0 Å². The first kappa shape index (κ1) is 19.9. The number of fused-ring (bicyclic) bond motifs is 3. The maximum atomic E-state index is 13.4. The summed E-state index contributed by atoms with van der Waals surface area (Å²) in [5, 5.41) is 1.60. The van der Waals surface area contributed by atoms with Crippen molar-refractivity contribution < 1.29 is 9.53 Å². The molecule has 1 aromatic carbocycles. The highest BCUT2D eigenvalue weighted by Gasteiger charge is 2.26. The molecule has 8 heteroatoms. The highest BCUT2D eigenvalue weighted by Crippen LogP contribution is 2.35. The van der Waals surface area contributed by atoms with Crippen molar-refractivity contribution >= 4 is 45.8 Å². The van der Waals surface area contributed by atoms with Crippen molar-refractivity contribution in [3.8, 4) is 0 Å². The summed E-state index contributed by atoms with van der Waals surface area (Å²) >= 11 is 12.4. The molecule has 150 valence electrons. The van der Waals surface area contributed by atoms with Crippen LogP contribution in [0.5, 0.6) is 0 Å². The Labute approximate surface area is 178 Å². The Morgan fingerprint density at radius 2 is 2.03 bits per heavy atom. The van der Waals surface area contributed by atoms with Gasteiger partial charge >= 0.3 is 0 Å². The number of nitrogens with zero attached hydrogens (tertiary/aromatic N) is 3. The van der Waals surface area contributed by atoms with Crippen molar-refractivity contribution in [2.24, 2.45) is 0 Å². The molecule has 2 N–H and O–H groups in total. The molecule has 3 aromatic rings. The average Bonchev–Trinajstić information content (AvgIpc) is 3.19. The van der Waals surface area contributed by atoms with Crippen molar-refractivity contribution in [2.75, 3.05) is 12.3 Å². The summed E-state index contributed by atoms with van der Waals surface area (Å²) in [7, 11) is 0. The molecule has 0 bridgehead atoms. The summed E-state index contributed by atoms with van der Waals surface area (Å²) in [4.78, 5) is 23.7. The van der Waals surface area contributed by atoms with E-state index in [4.69, 9.17) is 33.7 Å². The predicted molar refractivity (Wildman–Crippen MR) is 114 cm³/mol. The van der Waals surface area contributed by atoms with Gasteiger partial charge in [-0.05, 0) is 43.2 Å². The van der Waals surface area contributed by atoms with E-state index in [0.29, 0.717) is 46.8 Å². The molecular formula is C21H20Cl2N4O2. The number of benzene rings is 1. The van der Waals surface area contributed by atoms with Crippen molar-refractivity contribution in [3.63, 3.8) is 0 Å². The number of aromatic nitrogens is 2. The van der Waals surface area contributed by atoms with Crippen LogP contribution in [0.1, 0.15) is 46.9 Å². The molecule has 1 atom stereocenters. The number of hydrogen-bond acceptors (Lipinski definition) is 5. The molecule has 1 aliphatic heterocycles. The third-order valence-electron chi connectivity index (χ3n) is 5.35. The fraction of sp³-hybridized carbons (Fsp3) is 0.286. The zero-order valence-corrected chi connectivity index (χ0v) is 17.6. The highest BCUT2D eigenvalue weighted by atomic mass is 35.5. The molecule has 6 nitrogen and oxygen atoms in total. The maximum Gasteiger partial charge on any atom is 0.255 e. The van der Waals surface area contributed by atoms with Crippen LogP contribution in [-0.2, 0) is 18.0 Å². The summed E-state index contributed by atoms with van der Waals surface area (Å²) in [6.45, 7) is 5.27. The van der Waals surface area contributed by atoms with E-state index in [9.17, 15) is 4.79 Å². The largest absolute Gasteiger partial charge is 0.383 e. The van der Waals surface area contributed by atoms with Crippen molar-refractivity contribution in [2.45, 2.75) is 33.1 Å². The molecular weight excluding hydrogens is 411 g/mol. The maximum absolute atomic E-state index is 13.4. The Morgan fingerprint density at radius 1 is 1.28 bits per heavy atom. The molecule has 0 unspecified atom stereocenters. The molecule has 0 spiro atoms. The Morgan fingerprint density at radius 3 is 2.72 bits per heavy atom. The smallest absolute Gasteiger partial charge is 0.255 e. The Bertz CT molecular complexity index is 1100. The predicted octanol–water partition coefficient (Wildman–Crippen LogP) is 4.77. The van der Waals surface area contributed by atoms with E-state index >= 15 is 0 Å². The van der Waals surface area contributed by atoms with E-state index < -0.39 is 0 Å². The number of amides is 1. The molecule has 3 heterocycles. The van der Waals surface area contributed by atoms with Gasteiger partial charge in [-0.2, -0.15) is 0 Å². The molecule has 1 aliphatic rings. The van der Waals surface area contributed by atoms with Crippen LogP contribution in [0.4, 0.5) is 5.82 Å². The van der Waals surface area contributed by atoms with Crippen LogP contribution < -0.4 is 5.73 Å². The third-order valence-corrected chi connectivity index (χ3v) is 5.89. The van der Waals surface area contributed by atoms with Crippen LogP contribution in [0, 0.1) is 0 Å². The van der Waals surface area contributed by atoms with Crippen LogP contribution in [0.25, 0.3) is 10.9 Å². The van der Waals surface area contributed by atoms with Gasteiger partial charge in [0.1, 0.15) is 11.0 Å². The lowest BCUT2D eigenvalue weighted by Gasteiger charge is -2.29. The van der Waals surface area contributed by atoms with Gasteiger partial charge in [-0.15, -0.1) is 0 Å². The summed E-state index contributed by atoms with van der Waals surface area (Å²) in [6, 6.07) is 6.89. The number of halogens is 2. The van der Waals surface area contributed by atoms with Crippen LogP contribution in [0.3, 0.4) is 0 Å². The topological polar surface area (TPSA) is 81.3 Å². The van der Waals surface area contributed by atoms with E-state index in [-0.39, 0.29) is 11.9 Å². The van der Waals surface area contributed by atoms with Gasteiger partial charge in [0, 0.05) is 23.7 Å². The normalized spacial score (nSPS) is 14.1. The molecule has 2 aromatic heterocycles. The van der Waals surface area contributed by atoms with Crippen molar-refractivity contribution in [1.82, 2.24) is 14.9 Å². The van der Waals surface area contributed by atoms with E-state index in [1.807, 2.05) is 19.9 Å². The monoisotopic (exact) mass is 430 g/mol. The lowest BCUT2D eigenvalue weighted by Crippen LogP contribution is -2.33. The van der Waals surface area contributed by atoms with E-state index in [0.717, 1.165) is 22.1 Å². The summed E-state index contributed by atoms with van der Waals surface area (Å²) < 4.78 is 5.54. The molecule has 0 radical (unpaired) electrons. The molecule has 0 aliphatic carbocycles. The lowest BCUT2D eigenvalue weighted by molar-refractivity contribution is 0.0702. The minimum absolute atomic E-state index is 0.161. The Balaban J connectivity index is 1.76. The number of rotatable bonds is 4. The first-order valence-corrected chi connectivity index (χ1v) is 10.1. The van der Waals surface area contributed by atoms with Gasteiger partial charge in [0.05, 0.1) is 35.4 Å². The summed E-state index contributed by atoms with van der Waals surface area (Å²) in [5.41, 5.74) is 9.87. The van der Waals surface area contributed by atoms with E-state index in [1.165, 1.54) is 0 Å². The van der Waals surface area contributed by atoms with Crippen LogP contribution >= 0.6 is 23.2 Å². The minimum atomic E-state index is -0.192. The minimum Gasteiger partial charge on any atom is -0.383 e. The number of anilines is 1. The number of nitrogen functional groups attached to an aromatic ring is 1. The number of pyridine rings is 2. The Hall–Kier alpha value is -2.41. The van der Waals surface area contributed by atoms with Gasteiger partial charge in [-0.25, -0.2) is 9.97 Å². The number of ether oxygens (including phenoxy) is 1. The van der Waals surface area contributed by atoms with Crippen LogP contribution in [0.2, 0.25) is 10.2 Å². The first-order valence-electron chi connectivity index (χ1n) is 9.31. The van der Waals surface area contributed by atoms with Gasteiger partial charge in [-0.3, -0.25) is 4.79 Å². The fourth-order valence-corrected chi connectivity index (χ4v) is 4.07. The second-order valence-electron chi connectivity index (χ2n) is 6.98. The van der Waals surface area contributed by atoms with Gasteiger partial charge in [-0.1, -0.05) is 29.3 Å². The fourth-order valence-electron chi connectivity index (χ4n) is 3.72. The second kappa shape index (κ2) is 7.78. The number of nitrogens with two attached hydrogens (primary N) is 1. The number of hydrogen-bond donors (Lipinski definition) is 1. The number of carbonyl (C=O) groups excluding carboxylic acids is 1. The SMILES string of the molecule is CCN(C(=O)c1cc2c3c(c(N)nc2cc1Cl)COC3)[C@@H](C)c1ccc(Cl)nc1. The van der Waals surface area contributed by atoms with Crippen molar-refractivity contribution in [3.05, 3.63) is 62.9 Å². The van der Waals surface area contributed by atoms with Crippen molar-refractivity contribution in [1.29, 1.82) is 0 Å². The van der Waals surface area contributed by atoms with Gasteiger partial charge in [0.15, 0.2) is 0 Å². The molecule has 0 saturated heterocycles. The zero-order chi connectivity index (χ0) is 20.7.